The molecule has 0 saturated carbocycles. The number of carbonyl (C=O) groups excluding carboxylic acids is 1. The summed E-state index contributed by atoms with van der Waals surface area (Å²) in [5, 5.41) is 3.34. The summed E-state index contributed by atoms with van der Waals surface area (Å²) in [6.45, 7) is 1.60. The second-order valence-corrected chi connectivity index (χ2v) is 6.07. The van der Waals surface area contributed by atoms with Crippen LogP contribution in [-0.2, 0) is 17.8 Å². The van der Waals surface area contributed by atoms with Gasteiger partial charge in [-0.05, 0) is 28.8 Å². The van der Waals surface area contributed by atoms with Crippen LogP contribution in [0, 0.1) is 0 Å². The summed E-state index contributed by atoms with van der Waals surface area (Å²) in [6.07, 6.45) is 0.494. The molecule has 1 heterocycles. The largest absolute Gasteiger partial charge is 0.312 e. The lowest BCUT2D eigenvalue weighted by atomic mass is 9.85. The van der Waals surface area contributed by atoms with Gasteiger partial charge >= 0.3 is 0 Å². The molecule has 3 heteroatoms. The molecule has 2 aromatic rings. The van der Waals surface area contributed by atoms with Crippen molar-refractivity contribution in [2.24, 2.45) is 0 Å². The number of nitrogens with one attached hydrogen (secondary N) is 1. The van der Waals surface area contributed by atoms with Crippen molar-refractivity contribution in [3.8, 4) is 0 Å². The third-order valence-corrected chi connectivity index (χ3v) is 4.30. The molecule has 20 heavy (non-hydrogen) atoms. The maximum atomic E-state index is 12.6. The van der Waals surface area contributed by atoms with Gasteiger partial charge in [0.25, 0.3) is 0 Å². The van der Waals surface area contributed by atoms with E-state index in [-0.39, 0.29) is 11.7 Å². The van der Waals surface area contributed by atoms with E-state index in [2.05, 4.69) is 33.4 Å². The van der Waals surface area contributed by atoms with Crippen LogP contribution in [0.1, 0.15) is 22.6 Å². The van der Waals surface area contributed by atoms with Gasteiger partial charge in [-0.3, -0.25) is 4.79 Å². The summed E-state index contributed by atoms with van der Waals surface area (Å²) in [6, 6.07) is 16.2. The summed E-state index contributed by atoms with van der Waals surface area (Å²) in [5.41, 5.74) is 3.50. The lowest BCUT2D eigenvalue weighted by molar-refractivity contribution is -0.119. The fourth-order valence-electron chi connectivity index (χ4n) is 2.71. The smallest absolute Gasteiger partial charge is 0.145 e. The number of Topliss-reactive ketones (excluding diaryl/α,β-unsaturated/α-hetero) is 1. The zero-order chi connectivity index (χ0) is 13.9. The number of hydrogen-bond acceptors (Lipinski definition) is 2. The Kier molecular flexibility index (Phi) is 3.99. The minimum absolute atomic E-state index is 0.0244. The minimum Gasteiger partial charge on any atom is -0.312 e. The zero-order valence-corrected chi connectivity index (χ0v) is 12.7. The van der Waals surface area contributed by atoms with Crippen LogP contribution in [0.5, 0.6) is 0 Å². The van der Waals surface area contributed by atoms with Crippen LogP contribution in [0.2, 0.25) is 0 Å². The van der Waals surface area contributed by atoms with E-state index < -0.39 is 0 Å². The first-order valence-electron chi connectivity index (χ1n) is 6.80. The highest BCUT2D eigenvalue weighted by Gasteiger charge is 2.25. The van der Waals surface area contributed by atoms with Gasteiger partial charge in [0.15, 0.2) is 0 Å². The molecular weight excluding hydrogens is 314 g/mol. The molecule has 1 aliphatic heterocycles. The predicted octanol–water partition coefficient (Wildman–Crippen LogP) is 3.45. The second kappa shape index (κ2) is 5.90. The third kappa shape index (κ3) is 2.84. The fraction of sp³-hybridized carbons (Fsp3) is 0.235. The Labute approximate surface area is 127 Å². The van der Waals surface area contributed by atoms with E-state index in [0.29, 0.717) is 6.42 Å². The van der Waals surface area contributed by atoms with Crippen molar-refractivity contribution in [1.29, 1.82) is 0 Å². The molecule has 2 nitrogen and oxygen atoms in total. The summed E-state index contributed by atoms with van der Waals surface area (Å²) in [7, 11) is 0. The molecule has 102 valence electrons. The van der Waals surface area contributed by atoms with Gasteiger partial charge in [0, 0.05) is 24.0 Å². The monoisotopic (exact) mass is 329 g/mol. The molecule has 3 rings (SSSR count). The van der Waals surface area contributed by atoms with E-state index in [4.69, 9.17) is 0 Å². The molecular formula is C17H16BrNO. The van der Waals surface area contributed by atoms with Crippen molar-refractivity contribution < 1.29 is 4.79 Å². The van der Waals surface area contributed by atoms with E-state index in [1.165, 1.54) is 11.1 Å². The van der Waals surface area contributed by atoms with Crippen molar-refractivity contribution in [3.63, 3.8) is 0 Å². The summed E-state index contributed by atoms with van der Waals surface area (Å²) in [5.74, 6) is 0.260. The fourth-order valence-corrected chi connectivity index (χ4v) is 2.97. The Bertz CT molecular complexity index is 621. The highest BCUT2D eigenvalue weighted by Crippen LogP contribution is 2.25. The molecule has 1 unspecified atom stereocenters. The third-order valence-electron chi connectivity index (χ3n) is 3.77. The molecule has 0 spiro atoms. The quantitative estimate of drug-likeness (QED) is 0.934. The molecule has 0 saturated heterocycles. The van der Waals surface area contributed by atoms with Gasteiger partial charge in [-0.1, -0.05) is 52.3 Å². The summed E-state index contributed by atoms with van der Waals surface area (Å²) < 4.78 is 1.04. The first-order chi connectivity index (χ1) is 9.74. The van der Waals surface area contributed by atoms with Crippen molar-refractivity contribution in [3.05, 3.63) is 69.7 Å². The number of hydrogen-bond donors (Lipinski definition) is 1. The Hall–Kier alpha value is -1.45. The van der Waals surface area contributed by atoms with Gasteiger partial charge in [-0.15, -0.1) is 0 Å². The SMILES string of the molecule is O=C(Cc1ccc(Br)cc1)C1CNCc2ccccc21. The summed E-state index contributed by atoms with van der Waals surface area (Å²) >= 11 is 3.41. The van der Waals surface area contributed by atoms with Crippen LogP contribution in [0.3, 0.4) is 0 Å². The zero-order valence-electron chi connectivity index (χ0n) is 11.1. The Morgan fingerprint density at radius 2 is 1.90 bits per heavy atom. The van der Waals surface area contributed by atoms with Crippen LogP contribution >= 0.6 is 15.9 Å². The minimum atomic E-state index is -0.0244. The molecule has 0 amide bonds. The van der Waals surface area contributed by atoms with Gasteiger partial charge in [0.1, 0.15) is 5.78 Å². The van der Waals surface area contributed by atoms with Crippen molar-refractivity contribution in [2.75, 3.05) is 6.54 Å². The first kappa shape index (κ1) is 13.5. The van der Waals surface area contributed by atoms with Crippen LogP contribution in [0.4, 0.5) is 0 Å². The van der Waals surface area contributed by atoms with Crippen LogP contribution in [0.25, 0.3) is 0 Å². The first-order valence-corrected chi connectivity index (χ1v) is 7.59. The second-order valence-electron chi connectivity index (χ2n) is 5.15. The lowest BCUT2D eigenvalue weighted by Gasteiger charge is -2.25. The highest BCUT2D eigenvalue weighted by atomic mass is 79.9. The number of benzene rings is 2. The maximum Gasteiger partial charge on any atom is 0.145 e. The van der Waals surface area contributed by atoms with Crippen LogP contribution in [-0.4, -0.2) is 12.3 Å². The molecule has 1 N–H and O–H groups in total. The van der Waals surface area contributed by atoms with Crippen molar-refractivity contribution in [1.82, 2.24) is 5.32 Å². The standard InChI is InChI=1S/C17H16BrNO/c18-14-7-5-12(6-8-14)9-17(20)16-11-19-10-13-3-1-2-4-15(13)16/h1-8,16,19H,9-11H2. The summed E-state index contributed by atoms with van der Waals surface area (Å²) in [4.78, 5) is 12.6. The molecule has 1 atom stereocenters. The predicted molar refractivity (Wildman–Crippen MR) is 83.7 cm³/mol. The number of carbonyl (C=O) groups is 1. The Morgan fingerprint density at radius 1 is 1.15 bits per heavy atom. The number of ketones is 1. The highest BCUT2D eigenvalue weighted by molar-refractivity contribution is 9.10. The Balaban J connectivity index is 1.80. The molecule has 0 aromatic heterocycles. The van der Waals surface area contributed by atoms with Crippen molar-refractivity contribution >= 4 is 21.7 Å². The number of fused-ring (bicyclic) bond motifs is 1. The number of rotatable bonds is 3. The lowest BCUT2D eigenvalue weighted by Crippen LogP contribution is -2.33. The van der Waals surface area contributed by atoms with Crippen LogP contribution < -0.4 is 5.32 Å². The topological polar surface area (TPSA) is 29.1 Å². The van der Waals surface area contributed by atoms with E-state index in [0.717, 1.165) is 23.1 Å². The van der Waals surface area contributed by atoms with Gasteiger partial charge < -0.3 is 5.32 Å². The van der Waals surface area contributed by atoms with E-state index >= 15 is 0 Å². The van der Waals surface area contributed by atoms with Gasteiger partial charge in [0.2, 0.25) is 0 Å². The van der Waals surface area contributed by atoms with E-state index in [9.17, 15) is 4.79 Å². The van der Waals surface area contributed by atoms with Gasteiger partial charge in [0.05, 0.1) is 5.92 Å². The van der Waals surface area contributed by atoms with Gasteiger partial charge in [-0.25, -0.2) is 0 Å². The van der Waals surface area contributed by atoms with Crippen LogP contribution in [0.15, 0.2) is 53.0 Å². The van der Waals surface area contributed by atoms with E-state index in [1.807, 2.05) is 36.4 Å². The average Bonchev–Trinajstić information content (AvgIpc) is 2.49. The molecule has 1 aliphatic rings. The molecule has 0 radical (unpaired) electrons. The molecule has 0 fully saturated rings. The number of halogens is 1. The molecule has 0 bridgehead atoms. The Morgan fingerprint density at radius 3 is 2.70 bits per heavy atom. The average molecular weight is 330 g/mol. The molecule has 0 aliphatic carbocycles. The molecule has 2 aromatic carbocycles. The van der Waals surface area contributed by atoms with E-state index in [1.54, 1.807) is 0 Å². The maximum absolute atomic E-state index is 12.6. The van der Waals surface area contributed by atoms with Gasteiger partial charge in [-0.2, -0.15) is 0 Å². The normalized spacial score (nSPS) is 17.6. The van der Waals surface area contributed by atoms with Crippen molar-refractivity contribution in [2.45, 2.75) is 18.9 Å².